The van der Waals surface area contributed by atoms with Crippen molar-refractivity contribution in [3.05, 3.63) is 68.2 Å². The van der Waals surface area contributed by atoms with E-state index in [4.69, 9.17) is 4.74 Å². The van der Waals surface area contributed by atoms with E-state index >= 15 is 0 Å². The maximum atomic E-state index is 11.8. The Hall–Kier alpha value is -2.74. The molecule has 0 aliphatic heterocycles. The predicted molar refractivity (Wildman–Crippen MR) is 103 cm³/mol. The molecule has 2 aromatic rings. The second kappa shape index (κ2) is 9.10. The first-order valence-corrected chi connectivity index (χ1v) is 8.64. The fourth-order valence-corrected chi connectivity index (χ4v) is 2.52. The number of halogens is 1. The topological polar surface area (TPSA) is 93.8 Å². The van der Waals surface area contributed by atoms with Crippen LogP contribution in [0.3, 0.4) is 0 Å². The summed E-state index contributed by atoms with van der Waals surface area (Å²) in [5.74, 6) is 0.348. The monoisotopic (exact) mass is 419 g/mol. The Labute approximate surface area is 159 Å². The molecule has 1 amide bonds. The van der Waals surface area contributed by atoms with E-state index in [0.717, 1.165) is 5.56 Å². The molecule has 0 atom stereocenters. The van der Waals surface area contributed by atoms with Crippen molar-refractivity contribution in [1.29, 1.82) is 0 Å². The van der Waals surface area contributed by atoms with Crippen LogP contribution in [-0.4, -0.2) is 23.7 Å². The molecular weight excluding hydrogens is 402 g/mol. The summed E-state index contributed by atoms with van der Waals surface area (Å²) < 4.78 is 5.72. The molecule has 0 saturated heterocycles. The maximum absolute atomic E-state index is 11.8. The SMILES string of the molecule is CC(C)c1ccc(/C=N\NC(=O)COc2ccc([N+](=O)[O-])cc2Br)cc1. The first-order chi connectivity index (χ1) is 12.4. The minimum absolute atomic E-state index is 0.0678. The van der Waals surface area contributed by atoms with Gasteiger partial charge in [-0.05, 0) is 39.0 Å². The molecule has 0 unspecified atom stereocenters. The van der Waals surface area contributed by atoms with Crippen molar-refractivity contribution in [2.75, 3.05) is 6.61 Å². The average molecular weight is 420 g/mol. The van der Waals surface area contributed by atoms with Crippen molar-refractivity contribution in [3.8, 4) is 5.75 Å². The standard InChI is InChI=1S/C18H18BrN3O4/c1-12(2)14-5-3-13(4-6-14)10-20-21-18(23)11-26-17-8-7-15(22(24)25)9-16(17)19/h3-10,12H,11H2,1-2H3,(H,21,23)/b20-10-. The fourth-order valence-electron chi connectivity index (χ4n) is 2.04. The smallest absolute Gasteiger partial charge is 0.277 e. The third-order valence-electron chi connectivity index (χ3n) is 3.49. The molecule has 0 fully saturated rings. The van der Waals surface area contributed by atoms with E-state index < -0.39 is 10.8 Å². The van der Waals surface area contributed by atoms with Gasteiger partial charge < -0.3 is 4.74 Å². The number of hydrogen-bond donors (Lipinski definition) is 1. The van der Waals surface area contributed by atoms with Gasteiger partial charge in [0.25, 0.3) is 11.6 Å². The van der Waals surface area contributed by atoms with Crippen LogP contribution < -0.4 is 10.2 Å². The van der Waals surface area contributed by atoms with E-state index in [2.05, 4.69) is 40.3 Å². The van der Waals surface area contributed by atoms with Gasteiger partial charge in [-0.3, -0.25) is 14.9 Å². The number of rotatable bonds is 7. The van der Waals surface area contributed by atoms with Crippen molar-refractivity contribution in [3.63, 3.8) is 0 Å². The van der Waals surface area contributed by atoms with Crippen LogP contribution in [0.1, 0.15) is 30.9 Å². The van der Waals surface area contributed by atoms with Gasteiger partial charge in [0.2, 0.25) is 0 Å². The summed E-state index contributed by atoms with van der Waals surface area (Å²) >= 11 is 3.17. The third-order valence-corrected chi connectivity index (χ3v) is 4.11. The second-order valence-corrected chi connectivity index (χ2v) is 6.63. The van der Waals surface area contributed by atoms with Gasteiger partial charge in [0.05, 0.1) is 15.6 Å². The van der Waals surface area contributed by atoms with Crippen molar-refractivity contribution in [2.45, 2.75) is 19.8 Å². The van der Waals surface area contributed by atoms with Crippen LogP contribution in [-0.2, 0) is 4.79 Å². The van der Waals surface area contributed by atoms with Crippen LogP contribution in [0.2, 0.25) is 0 Å². The minimum atomic E-state index is -0.510. The summed E-state index contributed by atoms with van der Waals surface area (Å²) in [5.41, 5.74) is 4.40. The van der Waals surface area contributed by atoms with Crippen molar-refractivity contribution in [2.24, 2.45) is 5.10 Å². The Morgan fingerprint density at radius 2 is 2.00 bits per heavy atom. The molecule has 0 radical (unpaired) electrons. The normalized spacial score (nSPS) is 10.9. The summed E-state index contributed by atoms with van der Waals surface area (Å²) in [6, 6.07) is 11.9. The number of hydrogen-bond acceptors (Lipinski definition) is 5. The number of carbonyl (C=O) groups excluding carboxylic acids is 1. The lowest BCUT2D eigenvalue weighted by molar-refractivity contribution is -0.384. The first-order valence-electron chi connectivity index (χ1n) is 7.85. The van der Waals surface area contributed by atoms with Crippen LogP contribution in [0, 0.1) is 10.1 Å². The molecule has 1 N–H and O–H groups in total. The highest BCUT2D eigenvalue weighted by Gasteiger charge is 2.11. The zero-order valence-electron chi connectivity index (χ0n) is 14.3. The highest BCUT2D eigenvalue weighted by Crippen LogP contribution is 2.28. The molecule has 26 heavy (non-hydrogen) atoms. The van der Waals surface area contributed by atoms with E-state index in [9.17, 15) is 14.9 Å². The van der Waals surface area contributed by atoms with Crippen LogP contribution in [0.5, 0.6) is 5.75 Å². The Morgan fingerprint density at radius 3 is 2.58 bits per heavy atom. The van der Waals surface area contributed by atoms with E-state index in [1.54, 1.807) is 6.21 Å². The molecule has 7 nitrogen and oxygen atoms in total. The Morgan fingerprint density at radius 1 is 1.31 bits per heavy atom. The summed E-state index contributed by atoms with van der Waals surface area (Å²) in [4.78, 5) is 21.9. The quantitative estimate of drug-likeness (QED) is 0.416. The van der Waals surface area contributed by atoms with Crippen molar-refractivity contribution < 1.29 is 14.5 Å². The summed E-state index contributed by atoms with van der Waals surface area (Å²) in [6.07, 6.45) is 1.55. The lowest BCUT2D eigenvalue weighted by Crippen LogP contribution is -2.24. The minimum Gasteiger partial charge on any atom is -0.483 e. The van der Waals surface area contributed by atoms with Crippen LogP contribution in [0.25, 0.3) is 0 Å². The number of benzene rings is 2. The highest BCUT2D eigenvalue weighted by atomic mass is 79.9. The second-order valence-electron chi connectivity index (χ2n) is 5.78. The molecule has 0 aliphatic carbocycles. The van der Waals surface area contributed by atoms with Crippen LogP contribution in [0.15, 0.2) is 52.0 Å². The van der Waals surface area contributed by atoms with E-state index in [1.807, 2.05) is 24.3 Å². The van der Waals surface area contributed by atoms with Gasteiger partial charge in [0.15, 0.2) is 6.61 Å². The third kappa shape index (κ3) is 5.66. The number of ether oxygens (including phenoxy) is 1. The van der Waals surface area contributed by atoms with E-state index in [-0.39, 0.29) is 12.3 Å². The van der Waals surface area contributed by atoms with Crippen molar-refractivity contribution in [1.82, 2.24) is 5.43 Å². The highest BCUT2D eigenvalue weighted by molar-refractivity contribution is 9.10. The van der Waals surface area contributed by atoms with Gasteiger partial charge in [-0.25, -0.2) is 5.43 Å². The molecule has 0 heterocycles. The van der Waals surface area contributed by atoms with Gasteiger partial charge >= 0.3 is 0 Å². The van der Waals surface area contributed by atoms with Crippen LogP contribution in [0.4, 0.5) is 5.69 Å². The van der Waals surface area contributed by atoms with Crippen LogP contribution >= 0.6 is 15.9 Å². The lowest BCUT2D eigenvalue weighted by atomic mass is 10.0. The number of nitrogens with one attached hydrogen (secondary N) is 1. The largest absolute Gasteiger partial charge is 0.483 e. The Balaban J connectivity index is 1.84. The number of hydrazone groups is 1. The number of nitrogens with zero attached hydrogens (tertiary/aromatic N) is 2. The molecule has 0 saturated carbocycles. The lowest BCUT2D eigenvalue weighted by Gasteiger charge is -2.07. The van der Waals surface area contributed by atoms with E-state index in [1.165, 1.54) is 23.8 Å². The summed E-state index contributed by atoms with van der Waals surface area (Å²) in [5, 5.41) is 14.6. The Bertz CT molecular complexity index is 820. The van der Waals surface area contributed by atoms with Gasteiger partial charge in [-0.1, -0.05) is 38.1 Å². The number of nitro benzene ring substituents is 1. The zero-order chi connectivity index (χ0) is 19.1. The molecule has 136 valence electrons. The Kier molecular flexibility index (Phi) is 6.85. The summed E-state index contributed by atoms with van der Waals surface area (Å²) in [7, 11) is 0. The number of amides is 1. The molecule has 0 bridgehead atoms. The predicted octanol–water partition coefficient (Wildman–Crippen LogP) is 4.01. The summed E-state index contributed by atoms with van der Waals surface area (Å²) in [6.45, 7) is 3.97. The molecular formula is C18H18BrN3O4. The number of nitro groups is 1. The van der Waals surface area contributed by atoms with Crippen molar-refractivity contribution >= 4 is 33.7 Å². The maximum Gasteiger partial charge on any atom is 0.277 e. The first kappa shape index (κ1) is 19.6. The fraction of sp³-hybridized carbons (Fsp3) is 0.222. The molecule has 0 aliphatic rings. The van der Waals surface area contributed by atoms with Gasteiger partial charge in [-0.2, -0.15) is 5.10 Å². The number of non-ortho nitro benzene ring substituents is 1. The number of carbonyl (C=O) groups is 1. The van der Waals surface area contributed by atoms with Gasteiger partial charge in [0, 0.05) is 12.1 Å². The van der Waals surface area contributed by atoms with Gasteiger partial charge in [0.1, 0.15) is 5.75 Å². The molecule has 8 heteroatoms. The molecule has 0 aromatic heterocycles. The zero-order valence-corrected chi connectivity index (χ0v) is 15.9. The van der Waals surface area contributed by atoms with E-state index in [0.29, 0.717) is 16.1 Å². The average Bonchev–Trinajstić information content (AvgIpc) is 2.61. The molecule has 0 spiro atoms. The molecule has 2 aromatic carbocycles. The molecule has 2 rings (SSSR count). The van der Waals surface area contributed by atoms with Gasteiger partial charge in [-0.15, -0.1) is 0 Å².